The second-order valence-corrected chi connectivity index (χ2v) is 8.11. The molecule has 0 aromatic heterocycles. The van der Waals surface area contributed by atoms with Crippen LogP contribution in [0, 0.1) is 36.5 Å². The summed E-state index contributed by atoms with van der Waals surface area (Å²) in [5.74, 6) is 0.919. The predicted octanol–water partition coefficient (Wildman–Crippen LogP) is 2.34. The number of aliphatic hydroxyl groups excluding tert-OH is 1. The molecular formula is C19H23NO3. The van der Waals surface area contributed by atoms with E-state index in [1.54, 1.807) is 0 Å². The highest BCUT2D eigenvalue weighted by molar-refractivity contribution is 6.00. The molecule has 2 saturated heterocycles. The van der Waals surface area contributed by atoms with Crippen LogP contribution in [0.15, 0.2) is 24.3 Å². The molecule has 2 aliphatic carbocycles. The van der Waals surface area contributed by atoms with Gasteiger partial charge < -0.3 is 9.84 Å². The first-order chi connectivity index (χ1) is 11.0. The first-order valence-corrected chi connectivity index (χ1v) is 8.73. The fraction of sp³-hybridized carbons (Fsp3) is 0.632. The van der Waals surface area contributed by atoms with E-state index in [0.29, 0.717) is 5.92 Å². The monoisotopic (exact) mass is 313 g/mol. The highest BCUT2D eigenvalue weighted by Gasteiger charge is 2.79. The molecule has 2 heterocycles. The lowest BCUT2D eigenvalue weighted by Gasteiger charge is -2.42. The van der Waals surface area contributed by atoms with Gasteiger partial charge in [-0.15, -0.1) is 0 Å². The Kier molecular flexibility index (Phi) is 2.54. The number of ether oxygens (including phenoxy) is 1. The lowest BCUT2D eigenvalue weighted by atomic mass is 9.74. The SMILES string of the molecule is Cc1cccc(N2C(=O)[C@@H]3[C@H]4C[C@H]5[C@H](O[C@]2(C(C)C)[C@@H]53)[C@H]4O)c1. The second kappa shape index (κ2) is 4.17. The van der Waals surface area contributed by atoms with E-state index in [1.165, 1.54) is 0 Å². The number of hydrogen-bond acceptors (Lipinski definition) is 3. The number of benzene rings is 1. The van der Waals surface area contributed by atoms with Gasteiger partial charge >= 0.3 is 0 Å². The predicted molar refractivity (Wildman–Crippen MR) is 85.7 cm³/mol. The number of aryl methyl sites for hydroxylation is 1. The number of aliphatic hydroxyl groups is 1. The largest absolute Gasteiger partial charge is 0.390 e. The minimum Gasteiger partial charge on any atom is -0.390 e. The van der Waals surface area contributed by atoms with Crippen molar-refractivity contribution < 1.29 is 14.6 Å². The van der Waals surface area contributed by atoms with Crippen LogP contribution >= 0.6 is 0 Å². The van der Waals surface area contributed by atoms with Crippen molar-refractivity contribution in [2.24, 2.45) is 29.6 Å². The number of carbonyl (C=O) groups excluding carboxylic acids is 1. The second-order valence-electron chi connectivity index (χ2n) is 8.11. The Hall–Kier alpha value is -1.39. The third-order valence-electron chi connectivity index (χ3n) is 6.80. The minimum atomic E-state index is -0.586. The fourth-order valence-corrected chi connectivity index (χ4v) is 6.08. The molecule has 5 rings (SSSR count). The van der Waals surface area contributed by atoms with Gasteiger partial charge in [-0.1, -0.05) is 26.0 Å². The molecule has 7 atom stereocenters. The summed E-state index contributed by atoms with van der Waals surface area (Å²) in [6.07, 6.45) is 0.387. The van der Waals surface area contributed by atoms with E-state index in [2.05, 4.69) is 19.9 Å². The smallest absolute Gasteiger partial charge is 0.233 e. The molecule has 4 aliphatic rings. The molecule has 0 unspecified atom stereocenters. The van der Waals surface area contributed by atoms with Crippen molar-refractivity contribution in [2.75, 3.05) is 4.90 Å². The first kappa shape index (κ1) is 14.0. The van der Waals surface area contributed by atoms with Gasteiger partial charge in [0, 0.05) is 17.5 Å². The zero-order chi connectivity index (χ0) is 16.1. The standard InChI is InChI=1S/C19H23NO3/c1-9(2)19-15-13-8-12(16(21)17(13)23-19)14(15)18(22)20(19)11-6-4-5-10(3)7-11/h4-7,9,12-17,21H,8H2,1-3H3/t12-,13-,14-,15+,16+,17+,19-/m1/s1. The maximum atomic E-state index is 13.3. The minimum absolute atomic E-state index is 0.0725. The van der Waals surface area contributed by atoms with Gasteiger partial charge in [0.05, 0.1) is 18.1 Å². The molecule has 0 spiro atoms. The Morgan fingerprint density at radius 3 is 2.83 bits per heavy atom. The average Bonchev–Trinajstić information content (AvgIpc) is 3.15. The van der Waals surface area contributed by atoms with Crippen molar-refractivity contribution >= 4 is 11.6 Å². The van der Waals surface area contributed by atoms with Crippen LogP contribution in [-0.2, 0) is 9.53 Å². The molecule has 2 bridgehead atoms. The Morgan fingerprint density at radius 2 is 2.13 bits per heavy atom. The fourth-order valence-electron chi connectivity index (χ4n) is 6.08. The summed E-state index contributed by atoms with van der Waals surface area (Å²) in [7, 11) is 0. The van der Waals surface area contributed by atoms with Crippen molar-refractivity contribution in [3.8, 4) is 0 Å². The van der Waals surface area contributed by atoms with Crippen LogP contribution in [0.25, 0.3) is 0 Å². The maximum absolute atomic E-state index is 13.3. The summed E-state index contributed by atoms with van der Waals surface area (Å²) in [5, 5.41) is 10.5. The molecule has 1 aromatic rings. The topological polar surface area (TPSA) is 49.8 Å². The molecule has 4 heteroatoms. The van der Waals surface area contributed by atoms with Gasteiger partial charge in [-0.2, -0.15) is 0 Å². The summed E-state index contributed by atoms with van der Waals surface area (Å²) in [6.45, 7) is 6.33. The number of fused-ring (bicyclic) bond motifs is 2. The lowest BCUT2D eigenvalue weighted by molar-refractivity contribution is -0.136. The van der Waals surface area contributed by atoms with Crippen molar-refractivity contribution in [2.45, 2.75) is 45.1 Å². The zero-order valence-electron chi connectivity index (χ0n) is 13.8. The molecule has 2 saturated carbocycles. The van der Waals surface area contributed by atoms with Crippen molar-refractivity contribution in [3.05, 3.63) is 29.8 Å². The molecule has 23 heavy (non-hydrogen) atoms. The first-order valence-electron chi connectivity index (χ1n) is 8.73. The van der Waals surface area contributed by atoms with Gasteiger partial charge in [-0.05, 0) is 42.9 Å². The lowest BCUT2D eigenvalue weighted by Crippen LogP contribution is -2.54. The average molecular weight is 313 g/mol. The van der Waals surface area contributed by atoms with E-state index < -0.39 is 11.8 Å². The van der Waals surface area contributed by atoms with E-state index in [-0.39, 0.29) is 35.7 Å². The van der Waals surface area contributed by atoms with E-state index in [9.17, 15) is 9.90 Å². The van der Waals surface area contributed by atoms with Gasteiger partial charge in [-0.25, -0.2) is 0 Å². The molecule has 2 aliphatic heterocycles. The van der Waals surface area contributed by atoms with E-state index in [1.807, 2.05) is 30.0 Å². The molecule has 0 radical (unpaired) electrons. The van der Waals surface area contributed by atoms with Crippen molar-refractivity contribution in [1.82, 2.24) is 0 Å². The summed E-state index contributed by atoms with van der Waals surface area (Å²) in [4.78, 5) is 15.2. The molecule has 1 N–H and O–H groups in total. The van der Waals surface area contributed by atoms with Gasteiger partial charge in [-0.3, -0.25) is 9.69 Å². The van der Waals surface area contributed by atoms with Crippen LogP contribution in [-0.4, -0.2) is 28.9 Å². The summed E-state index contributed by atoms with van der Waals surface area (Å²) in [6, 6.07) is 8.13. The number of amides is 1. The van der Waals surface area contributed by atoms with Crippen LogP contribution < -0.4 is 4.90 Å². The Bertz CT molecular complexity index is 702. The third-order valence-corrected chi connectivity index (χ3v) is 6.80. The Labute approximate surface area is 136 Å². The van der Waals surface area contributed by atoms with Crippen LogP contribution in [0.5, 0.6) is 0 Å². The third kappa shape index (κ3) is 1.39. The normalized spacial score (nSPS) is 46.5. The van der Waals surface area contributed by atoms with Crippen molar-refractivity contribution in [1.29, 1.82) is 0 Å². The number of rotatable bonds is 2. The number of anilines is 1. The number of carbonyl (C=O) groups is 1. The van der Waals surface area contributed by atoms with Crippen molar-refractivity contribution in [3.63, 3.8) is 0 Å². The van der Waals surface area contributed by atoms with Gasteiger partial charge in [0.15, 0.2) is 5.72 Å². The molecule has 122 valence electrons. The highest BCUT2D eigenvalue weighted by Crippen LogP contribution is 2.69. The number of hydrogen-bond donors (Lipinski definition) is 1. The van der Waals surface area contributed by atoms with Crippen LogP contribution in [0.2, 0.25) is 0 Å². The molecule has 1 amide bonds. The van der Waals surface area contributed by atoms with Crippen LogP contribution in [0.1, 0.15) is 25.8 Å². The Balaban J connectivity index is 1.71. The highest BCUT2D eigenvalue weighted by atomic mass is 16.6. The van der Waals surface area contributed by atoms with Gasteiger partial charge in [0.25, 0.3) is 0 Å². The van der Waals surface area contributed by atoms with E-state index >= 15 is 0 Å². The molecule has 4 fully saturated rings. The molecular weight excluding hydrogens is 290 g/mol. The molecule has 4 nitrogen and oxygen atoms in total. The van der Waals surface area contributed by atoms with Crippen LogP contribution in [0.4, 0.5) is 5.69 Å². The molecule has 1 aromatic carbocycles. The van der Waals surface area contributed by atoms with E-state index in [0.717, 1.165) is 17.7 Å². The van der Waals surface area contributed by atoms with E-state index in [4.69, 9.17) is 4.74 Å². The van der Waals surface area contributed by atoms with Crippen LogP contribution in [0.3, 0.4) is 0 Å². The zero-order valence-corrected chi connectivity index (χ0v) is 13.8. The summed E-state index contributed by atoms with van der Waals surface area (Å²) in [5.41, 5.74) is 1.50. The number of nitrogens with zero attached hydrogens (tertiary/aromatic N) is 1. The Morgan fingerprint density at radius 1 is 1.35 bits per heavy atom. The maximum Gasteiger partial charge on any atom is 0.233 e. The van der Waals surface area contributed by atoms with Gasteiger partial charge in [0.2, 0.25) is 5.91 Å². The van der Waals surface area contributed by atoms with Gasteiger partial charge in [0.1, 0.15) is 0 Å². The quantitative estimate of drug-likeness (QED) is 0.912. The summed E-state index contributed by atoms with van der Waals surface area (Å²) < 4.78 is 6.52. The summed E-state index contributed by atoms with van der Waals surface area (Å²) >= 11 is 0.